The number of carbonyl (C=O) groups is 3. The molecule has 9 heteroatoms. The van der Waals surface area contributed by atoms with Crippen LogP contribution in [0.2, 0.25) is 0 Å². The monoisotopic (exact) mass is 423 g/mol. The molecule has 0 bridgehead atoms. The lowest BCUT2D eigenvalue weighted by Gasteiger charge is -2.31. The zero-order valence-electron chi connectivity index (χ0n) is 17.9. The van der Waals surface area contributed by atoms with E-state index in [4.69, 9.17) is 4.74 Å². The number of aromatic nitrogens is 2. The minimum Gasteiger partial charge on any atom is -0.488 e. The van der Waals surface area contributed by atoms with Gasteiger partial charge in [-0.15, -0.1) is 0 Å². The summed E-state index contributed by atoms with van der Waals surface area (Å²) in [6.45, 7) is 4.56. The number of carbonyl (C=O) groups excluding carboxylic acids is 3. The van der Waals surface area contributed by atoms with Crippen molar-refractivity contribution >= 4 is 29.1 Å². The fourth-order valence-electron chi connectivity index (χ4n) is 4.15. The number of anilines is 2. The highest BCUT2D eigenvalue weighted by molar-refractivity contribution is 5.98. The molecule has 2 aromatic heterocycles. The molecule has 4 heterocycles. The van der Waals surface area contributed by atoms with Gasteiger partial charge in [0, 0.05) is 44.7 Å². The maximum atomic E-state index is 13.0. The molecule has 1 unspecified atom stereocenters. The van der Waals surface area contributed by atoms with Crippen molar-refractivity contribution in [3.63, 3.8) is 0 Å². The Hall–Kier alpha value is -3.49. The Bertz CT molecular complexity index is 1120. The Morgan fingerprint density at radius 1 is 1.19 bits per heavy atom. The van der Waals surface area contributed by atoms with Crippen molar-refractivity contribution < 1.29 is 19.1 Å². The van der Waals surface area contributed by atoms with Crippen LogP contribution < -0.4 is 15.1 Å². The van der Waals surface area contributed by atoms with E-state index in [1.165, 1.54) is 24.6 Å². The van der Waals surface area contributed by atoms with Crippen molar-refractivity contribution in [1.82, 2.24) is 14.5 Å². The first kappa shape index (κ1) is 20.8. The van der Waals surface area contributed by atoms with E-state index in [1.807, 2.05) is 17.0 Å². The Balaban J connectivity index is 1.66. The van der Waals surface area contributed by atoms with Gasteiger partial charge in [0.1, 0.15) is 12.1 Å². The Kier molecular flexibility index (Phi) is 5.58. The van der Waals surface area contributed by atoms with Crippen molar-refractivity contribution in [2.75, 3.05) is 31.6 Å². The normalized spacial score (nSPS) is 18.5. The van der Waals surface area contributed by atoms with Crippen LogP contribution in [0.5, 0.6) is 5.75 Å². The molecule has 31 heavy (non-hydrogen) atoms. The first-order chi connectivity index (χ1) is 14.9. The lowest BCUT2D eigenvalue weighted by atomic mass is 10.1. The fourth-order valence-corrected chi connectivity index (χ4v) is 4.15. The van der Waals surface area contributed by atoms with E-state index >= 15 is 0 Å². The number of hydrogen-bond acceptors (Lipinski definition) is 7. The second kappa shape index (κ2) is 8.33. The van der Waals surface area contributed by atoms with Crippen molar-refractivity contribution in [1.29, 1.82) is 0 Å². The molecule has 2 aliphatic heterocycles. The van der Waals surface area contributed by atoms with Gasteiger partial charge in [0.15, 0.2) is 17.4 Å². The molecule has 1 atom stereocenters. The van der Waals surface area contributed by atoms with E-state index < -0.39 is 0 Å². The highest BCUT2D eigenvalue weighted by atomic mass is 16.5. The SMILES string of the molecule is C/N=c1/cc(N2CCOc3cc(C(=O)N4CCCC4C(C)=O)cnc32)ccn1C(C)=O. The third kappa shape index (κ3) is 3.83. The molecular formula is C22H25N5O4. The second-order valence-electron chi connectivity index (χ2n) is 7.67. The van der Waals surface area contributed by atoms with E-state index in [0.717, 1.165) is 12.1 Å². The van der Waals surface area contributed by atoms with E-state index in [9.17, 15) is 14.4 Å². The number of likely N-dealkylation sites (tertiary alicyclic amines) is 1. The van der Waals surface area contributed by atoms with Gasteiger partial charge in [-0.2, -0.15) is 0 Å². The van der Waals surface area contributed by atoms with Crippen molar-refractivity contribution in [3.05, 3.63) is 41.6 Å². The minimum absolute atomic E-state index is 0.00298. The summed E-state index contributed by atoms with van der Waals surface area (Å²) in [5.41, 5.74) is 1.76. The lowest BCUT2D eigenvalue weighted by molar-refractivity contribution is -0.120. The largest absolute Gasteiger partial charge is 0.488 e. The molecule has 0 saturated carbocycles. The average Bonchev–Trinajstić information content (AvgIpc) is 3.27. The molecule has 0 spiro atoms. The Morgan fingerprint density at radius 3 is 2.71 bits per heavy atom. The van der Waals surface area contributed by atoms with E-state index in [-0.39, 0.29) is 23.6 Å². The number of pyridine rings is 2. The van der Waals surface area contributed by atoms with Crippen molar-refractivity contribution in [3.8, 4) is 5.75 Å². The molecule has 2 aliphatic rings. The van der Waals surface area contributed by atoms with Crippen LogP contribution in [0.15, 0.2) is 35.6 Å². The van der Waals surface area contributed by atoms with Gasteiger partial charge >= 0.3 is 0 Å². The summed E-state index contributed by atoms with van der Waals surface area (Å²) in [6, 6.07) is 4.97. The topological polar surface area (TPSA) is 97.1 Å². The van der Waals surface area contributed by atoms with Gasteiger partial charge in [-0.25, -0.2) is 4.98 Å². The number of nitrogens with zero attached hydrogens (tertiary/aromatic N) is 5. The van der Waals surface area contributed by atoms with Crippen LogP contribution in [0.1, 0.15) is 41.8 Å². The number of Topliss-reactive ketones (excluding diaryl/α,β-unsaturated/α-hetero) is 1. The minimum atomic E-state index is -0.366. The third-order valence-electron chi connectivity index (χ3n) is 5.69. The van der Waals surface area contributed by atoms with Gasteiger partial charge < -0.3 is 14.5 Å². The molecule has 0 N–H and O–H groups in total. The van der Waals surface area contributed by atoms with Crippen LogP contribution in [0.4, 0.5) is 11.5 Å². The van der Waals surface area contributed by atoms with Crippen LogP contribution in [0, 0.1) is 0 Å². The van der Waals surface area contributed by atoms with Crippen LogP contribution in [-0.2, 0) is 4.79 Å². The smallest absolute Gasteiger partial charge is 0.256 e. The van der Waals surface area contributed by atoms with Gasteiger partial charge in [0.2, 0.25) is 5.91 Å². The number of ketones is 1. The third-order valence-corrected chi connectivity index (χ3v) is 5.69. The summed E-state index contributed by atoms with van der Waals surface area (Å²) >= 11 is 0. The summed E-state index contributed by atoms with van der Waals surface area (Å²) in [6.07, 6.45) is 4.73. The summed E-state index contributed by atoms with van der Waals surface area (Å²) in [7, 11) is 1.63. The van der Waals surface area contributed by atoms with Crippen LogP contribution >= 0.6 is 0 Å². The summed E-state index contributed by atoms with van der Waals surface area (Å²) in [4.78, 5) is 49.0. The van der Waals surface area contributed by atoms with Crippen LogP contribution in [-0.4, -0.2) is 64.8 Å². The fraction of sp³-hybridized carbons (Fsp3) is 0.409. The zero-order valence-corrected chi connectivity index (χ0v) is 17.9. The number of rotatable bonds is 3. The first-order valence-electron chi connectivity index (χ1n) is 10.3. The molecule has 0 aliphatic carbocycles. The highest BCUT2D eigenvalue weighted by Crippen LogP contribution is 2.35. The Labute approximate surface area is 180 Å². The van der Waals surface area contributed by atoms with E-state index in [1.54, 1.807) is 24.2 Å². The van der Waals surface area contributed by atoms with Crippen LogP contribution in [0.3, 0.4) is 0 Å². The first-order valence-corrected chi connectivity index (χ1v) is 10.3. The zero-order chi connectivity index (χ0) is 22.1. The van der Waals surface area contributed by atoms with Gasteiger partial charge in [0.25, 0.3) is 5.91 Å². The maximum Gasteiger partial charge on any atom is 0.256 e. The number of fused-ring (bicyclic) bond motifs is 1. The van der Waals surface area contributed by atoms with Gasteiger partial charge in [-0.1, -0.05) is 0 Å². The Morgan fingerprint density at radius 2 is 2.00 bits per heavy atom. The molecule has 9 nitrogen and oxygen atoms in total. The van der Waals surface area contributed by atoms with E-state index in [0.29, 0.717) is 48.7 Å². The standard InChI is InChI=1S/C22H25N5O4/c1-14(28)18-5-4-7-27(18)22(30)16-11-19-21(24-13-16)26(9-10-31-19)17-6-8-25(15(2)29)20(12-17)23-3/h6,8,11-13,18H,4-5,7,9-10H2,1-3H3/b23-20-. The van der Waals surface area contributed by atoms with Gasteiger partial charge in [-0.05, 0) is 31.9 Å². The van der Waals surface area contributed by atoms with Gasteiger partial charge in [-0.3, -0.25) is 23.9 Å². The molecular weight excluding hydrogens is 398 g/mol. The average molecular weight is 423 g/mol. The summed E-state index contributed by atoms with van der Waals surface area (Å²) < 4.78 is 7.27. The maximum absolute atomic E-state index is 13.0. The molecule has 1 amide bonds. The van der Waals surface area contributed by atoms with E-state index in [2.05, 4.69) is 9.98 Å². The molecule has 1 fully saturated rings. The summed E-state index contributed by atoms with van der Waals surface area (Å²) in [5.74, 6) is 0.775. The highest BCUT2D eigenvalue weighted by Gasteiger charge is 2.33. The van der Waals surface area contributed by atoms with Crippen molar-refractivity contribution in [2.45, 2.75) is 32.7 Å². The summed E-state index contributed by atoms with van der Waals surface area (Å²) in [5, 5.41) is 0. The second-order valence-corrected chi connectivity index (χ2v) is 7.67. The molecule has 2 aromatic rings. The molecule has 0 radical (unpaired) electrons. The van der Waals surface area contributed by atoms with Crippen LogP contribution in [0.25, 0.3) is 0 Å². The lowest BCUT2D eigenvalue weighted by Crippen LogP contribution is -2.39. The molecule has 162 valence electrons. The number of ether oxygens (including phenoxy) is 1. The number of amides is 1. The number of hydrogen-bond donors (Lipinski definition) is 0. The predicted molar refractivity (Wildman–Crippen MR) is 114 cm³/mol. The predicted octanol–water partition coefficient (Wildman–Crippen LogP) is 1.80. The molecule has 0 aromatic carbocycles. The molecule has 4 rings (SSSR count). The quantitative estimate of drug-likeness (QED) is 0.747. The molecule has 1 saturated heterocycles. The van der Waals surface area contributed by atoms with Gasteiger partial charge in [0.05, 0.1) is 18.2 Å². The van der Waals surface area contributed by atoms with Crippen molar-refractivity contribution in [2.24, 2.45) is 4.99 Å².